The maximum absolute atomic E-state index is 5.86. The zero-order valence-corrected chi connectivity index (χ0v) is 10.6. The van der Waals surface area contributed by atoms with Gasteiger partial charge in [-0.3, -0.25) is 0 Å². The lowest BCUT2D eigenvalue weighted by Crippen LogP contribution is -2.18. The van der Waals surface area contributed by atoms with Crippen LogP contribution in [0.2, 0.25) is 0 Å². The standard InChI is InChI=1S/C11H16N4O3/c1-4-16-5-8(12)10-14-11(18-15-10)9-6(2)13-7(3)17-9/h8H,4-5,12H2,1-3H3. The van der Waals surface area contributed by atoms with Gasteiger partial charge < -0.3 is 19.4 Å². The van der Waals surface area contributed by atoms with Crippen molar-refractivity contribution in [2.75, 3.05) is 13.2 Å². The summed E-state index contributed by atoms with van der Waals surface area (Å²) in [6.45, 7) is 6.42. The highest BCUT2D eigenvalue weighted by Crippen LogP contribution is 2.23. The van der Waals surface area contributed by atoms with Crippen LogP contribution in [-0.2, 0) is 4.74 Å². The van der Waals surface area contributed by atoms with E-state index in [1.54, 1.807) is 6.92 Å². The summed E-state index contributed by atoms with van der Waals surface area (Å²) in [5.41, 5.74) is 6.57. The number of rotatable bonds is 5. The summed E-state index contributed by atoms with van der Waals surface area (Å²) in [7, 11) is 0. The smallest absolute Gasteiger partial charge is 0.295 e. The van der Waals surface area contributed by atoms with Crippen molar-refractivity contribution in [1.29, 1.82) is 0 Å². The first-order chi connectivity index (χ1) is 8.61. The Balaban J connectivity index is 2.17. The average Bonchev–Trinajstić information content (AvgIpc) is 2.92. The van der Waals surface area contributed by atoms with E-state index in [1.807, 2.05) is 13.8 Å². The first kappa shape index (κ1) is 12.7. The van der Waals surface area contributed by atoms with E-state index in [9.17, 15) is 0 Å². The van der Waals surface area contributed by atoms with E-state index in [4.69, 9.17) is 19.4 Å². The molecule has 0 spiro atoms. The summed E-state index contributed by atoms with van der Waals surface area (Å²) in [6, 6.07) is -0.410. The zero-order valence-electron chi connectivity index (χ0n) is 10.6. The third-order valence-electron chi connectivity index (χ3n) is 2.37. The fourth-order valence-corrected chi connectivity index (χ4v) is 1.53. The van der Waals surface area contributed by atoms with Crippen LogP contribution in [0.4, 0.5) is 0 Å². The fourth-order valence-electron chi connectivity index (χ4n) is 1.53. The number of aryl methyl sites for hydroxylation is 2. The van der Waals surface area contributed by atoms with Crippen molar-refractivity contribution in [3.8, 4) is 11.7 Å². The minimum Gasteiger partial charge on any atom is -0.436 e. The number of oxazole rings is 1. The molecule has 0 aliphatic carbocycles. The number of hydrogen-bond acceptors (Lipinski definition) is 7. The molecule has 2 heterocycles. The van der Waals surface area contributed by atoms with Crippen molar-refractivity contribution >= 4 is 0 Å². The Labute approximate surface area is 104 Å². The second-order valence-electron chi connectivity index (χ2n) is 3.87. The fraction of sp³-hybridized carbons (Fsp3) is 0.545. The monoisotopic (exact) mass is 252 g/mol. The van der Waals surface area contributed by atoms with Gasteiger partial charge in [0.15, 0.2) is 11.7 Å². The van der Waals surface area contributed by atoms with Gasteiger partial charge in [0.25, 0.3) is 5.89 Å². The van der Waals surface area contributed by atoms with E-state index >= 15 is 0 Å². The highest BCUT2D eigenvalue weighted by molar-refractivity contribution is 5.47. The predicted octanol–water partition coefficient (Wildman–Crippen LogP) is 1.38. The van der Waals surface area contributed by atoms with Gasteiger partial charge in [-0.25, -0.2) is 4.98 Å². The number of hydrogen-bond donors (Lipinski definition) is 1. The molecular formula is C11H16N4O3. The topological polar surface area (TPSA) is 100 Å². The van der Waals surface area contributed by atoms with Crippen LogP contribution in [0.5, 0.6) is 0 Å². The molecule has 7 nitrogen and oxygen atoms in total. The van der Waals surface area contributed by atoms with Gasteiger partial charge in [-0.05, 0) is 13.8 Å². The molecule has 1 unspecified atom stereocenters. The molecule has 2 rings (SSSR count). The Morgan fingerprint density at radius 3 is 2.72 bits per heavy atom. The Morgan fingerprint density at radius 1 is 1.33 bits per heavy atom. The highest BCUT2D eigenvalue weighted by Gasteiger charge is 2.20. The Morgan fingerprint density at radius 2 is 2.11 bits per heavy atom. The van der Waals surface area contributed by atoms with Crippen LogP contribution < -0.4 is 5.73 Å². The van der Waals surface area contributed by atoms with Crippen LogP contribution in [0.1, 0.15) is 30.4 Å². The molecule has 0 saturated heterocycles. The largest absolute Gasteiger partial charge is 0.436 e. The van der Waals surface area contributed by atoms with Gasteiger partial charge in [0.2, 0.25) is 5.76 Å². The van der Waals surface area contributed by atoms with Gasteiger partial charge in [-0.15, -0.1) is 0 Å². The molecule has 2 aromatic heterocycles. The predicted molar refractivity (Wildman–Crippen MR) is 62.7 cm³/mol. The zero-order chi connectivity index (χ0) is 13.1. The van der Waals surface area contributed by atoms with Crippen LogP contribution in [0.25, 0.3) is 11.7 Å². The second-order valence-corrected chi connectivity index (χ2v) is 3.87. The molecule has 0 fully saturated rings. The van der Waals surface area contributed by atoms with E-state index in [0.29, 0.717) is 36.4 Å². The average molecular weight is 252 g/mol. The van der Waals surface area contributed by atoms with Crippen molar-refractivity contribution in [3.05, 3.63) is 17.4 Å². The molecule has 0 radical (unpaired) electrons. The molecule has 2 aromatic rings. The van der Waals surface area contributed by atoms with Crippen molar-refractivity contribution in [2.45, 2.75) is 26.8 Å². The van der Waals surface area contributed by atoms with E-state index in [1.165, 1.54) is 0 Å². The normalized spacial score (nSPS) is 12.9. The lowest BCUT2D eigenvalue weighted by molar-refractivity contribution is 0.130. The van der Waals surface area contributed by atoms with E-state index in [0.717, 1.165) is 0 Å². The number of aromatic nitrogens is 3. The van der Waals surface area contributed by atoms with Crippen molar-refractivity contribution in [2.24, 2.45) is 5.73 Å². The summed E-state index contributed by atoms with van der Waals surface area (Å²) >= 11 is 0. The first-order valence-corrected chi connectivity index (χ1v) is 5.73. The molecule has 1 atom stereocenters. The number of nitrogens with two attached hydrogens (primary N) is 1. The molecule has 0 aliphatic rings. The van der Waals surface area contributed by atoms with E-state index in [-0.39, 0.29) is 5.89 Å². The van der Waals surface area contributed by atoms with Crippen molar-refractivity contribution < 1.29 is 13.7 Å². The lowest BCUT2D eigenvalue weighted by Gasteiger charge is -2.05. The quantitative estimate of drug-likeness (QED) is 0.857. The van der Waals surface area contributed by atoms with Crippen molar-refractivity contribution in [3.63, 3.8) is 0 Å². The molecule has 0 bridgehead atoms. The third kappa shape index (κ3) is 2.57. The van der Waals surface area contributed by atoms with Crippen LogP contribution in [0, 0.1) is 13.8 Å². The third-order valence-corrected chi connectivity index (χ3v) is 2.37. The van der Waals surface area contributed by atoms with E-state index < -0.39 is 6.04 Å². The Hall–Kier alpha value is -1.73. The molecule has 0 aromatic carbocycles. The molecule has 0 aliphatic heterocycles. The lowest BCUT2D eigenvalue weighted by atomic mass is 10.3. The van der Waals surface area contributed by atoms with Gasteiger partial charge in [0.1, 0.15) is 0 Å². The van der Waals surface area contributed by atoms with Gasteiger partial charge in [0.05, 0.1) is 18.3 Å². The molecule has 2 N–H and O–H groups in total. The molecule has 0 saturated carbocycles. The maximum atomic E-state index is 5.86. The first-order valence-electron chi connectivity index (χ1n) is 5.73. The van der Waals surface area contributed by atoms with Crippen molar-refractivity contribution in [1.82, 2.24) is 15.1 Å². The summed E-state index contributed by atoms with van der Waals surface area (Å²) in [5, 5.41) is 3.82. The van der Waals surface area contributed by atoms with Crippen LogP contribution >= 0.6 is 0 Å². The van der Waals surface area contributed by atoms with Crippen LogP contribution in [-0.4, -0.2) is 28.3 Å². The van der Waals surface area contributed by atoms with Gasteiger partial charge >= 0.3 is 0 Å². The molecule has 18 heavy (non-hydrogen) atoms. The Kier molecular flexibility index (Phi) is 3.73. The van der Waals surface area contributed by atoms with E-state index in [2.05, 4.69) is 15.1 Å². The Bertz CT molecular complexity index is 520. The van der Waals surface area contributed by atoms with Gasteiger partial charge in [-0.2, -0.15) is 4.98 Å². The van der Waals surface area contributed by atoms with Crippen LogP contribution in [0.15, 0.2) is 8.94 Å². The minimum atomic E-state index is -0.410. The molecule has 98 valence electrons. The highest BCUT2D eigenvalue weighted by atomic mass is 16.5. The van der Waals surface area contributed by atoms with Gasteiger partial charge in [0, 0.05) is 13.5 Å². The summed E-state index contributed by atoms with van der Waals surface area (Å²) in [6.07, 6.45) is 0. The minimum absolute atomic E-state index is 0.287. The molecule has 7 heteroatoms. The molecular weight excluding hydrogens is 236 g/mol. The summed E-state index contributed by atoms with van der Waals surface area (Å²) in [5.74, 6) is 1.72. The number of nitrogens with zero attached hydrogens (tertiary/aromatic N) is 3. The maximum Gasteiger partial charge on any atom is 0.295 e. The van der Waals surface area contributed by atoms with Gasteiger partial charge in [-0.1, -0.05) is 5.16 Å². The van der Waals surface area contributed by atoms with Crippen LogP contribution in [0.3, 0.4) is 0 Å². The second kappa shape index (κ2) is 5.28. The molecule has 0 amide bonds. The summed E-state index contributed by atoms with van der Waals surface area (Å²) < 4.78 is 15.7. The number of ether oxygens (including phenoxy) is 1. The SMILES string of the molecule is CCOCC(N)c1noc(-c2oc(C)nc2C)n1. The summed E-state index contributed by atoms with van der Waals surface area (Å²) in [4.78, 5) is 8.33.